The van der Waals surface area contributed by atoms with Gasteiger partial charge >= 0.3 is 39.5 Å². The topological polar surface area (TPSA) is 237 Å². The van der Waals surface area contributed by atoms with E-state index < -0.39 is 97.5 Å². The summed E-state index contributed by atoms with van der Waals surface area (Å²) in [7, 11) is -9.91. The molecule has 0 bridgehead atoms. The molecule has 0 saturated heterocycles. The average molecular weight is 1400 g/mol. The molecule has 0 aliphatic carbocycles. The highest BCUT2D eigenvalue weighted by atomic mass is 31.2. The zero-order valence-corrected chi connectivity index (χ0v) is 63.6. The number of esters is 4. The second kappa shape index (κ2) is 69.2. The maximum Gasteiger partial charge on any atom is 0.472 e. The van der Waals surface area contributed by atoms with Gasteiger partial charge in [0.05, 0.1) is 26.4 Å². The van der Waals surface area contributed by atoms with Gasteiger partial charge in [0.1, 0.15) is 19.3 Å². The van der Waals surface area contributed by atoms with Crippen LogP contribution in [0.5, 0.6) is 0 Å². The molecule has 2 unspecified atom stereocenters. The number of carbonyl (C=O) groups excluding carboxylic acids is 4. The Balaban J connectivity index is 5.23. The van der Waals surface area contributed by atoms with Crippen molar-refractivity contribution < 1.29 is 80.2 Å². The van der Waals surface area contributed by atoms with E-state index in [0.717, 1.165) is 95.8 Å². The van der Waals surface area contributed by atoms with E-state index in [1.807, 2.05) is 0 Å². The highest BCUT2D eigenvalue weighted by Gasteiger charge is 2.30. The fourth-order valence-corrected chi connectivity index (χ4v) is 13.3. The van der Waals surface area contributed by atoms with Gasteiger partial charge in [-0.3, -0.25) is 37.3 Å². The van der Waals surface area contributed by atoms with Crippen LogP contribution in [0.1, 0.15) is 401 Å². The maximum absolute atomic E-state index is 13.1. The van der Waals surface area contributed by atoms with Crippen molar-refractivity contribution in [2.75, 3.05) is 39.6 Å². The quantitative estimate of drug-likeness (QED) is 0.0222. The minimum atomic E-state index is -4.96. The SMILES string of the molecule is CCCCCCCCCCCCCCCC(=O)OC[C@H](COP(=O)(O)OC[C@@H](O)COP(=O)(O)OC[C@@H](COC(=O)CCCCCCCCCCCCC)OC(=O)CCCCCCCCCCCCCC)OC(=O)CCCCCCCCCCCCCCCCCCC(C)C. The van der Waals surface area contributed by atoms with Crippen LogP contribution in [0.15, 0.2) is 0 Å². The Hall–Kier alpha value is -1.94. The molecule has 0 aliphatic rings. The lowest BCUT2D eigenvalue weighted by Crippen LogP contribution is -2.30. The summed E-state index contributed by atoms with van der Waals surface area (Å²) in [6, 6.07) is 0. The van der Waals surface area contributed by atoms with Gasteiger partial charge in [-0.25, -0.2) is 9.13 Å². The summed E-state index contributed by atoms with van der Waals surface area (Å²) >= 11 is 0. The number of hydrogen-bond donors (Lipinski definition) is 3. The molecule has 564 valence electrons. The Morgan fingerprint density at radius 1 is 0.284 bits per heavy atom. The molecule has 5 atom stereocenters. The number of phosphoric acid groups is 2. The number of hydrogen-bond acceptors (Lipinski definition) is 15. The van der Waals surface area contributed by atoms with Crippen LogP contribution in [-0.2, 0) is 65.4 Å². The summed E-state index contributed by atoms with van der Waals surface area (Å²) in [4.78, 5) is 72.8. The number of phosphoric ester groups is 2. The van der Waals surface area contributed by atoms with E-state index in [1.54, 1.807) is 0 Å². The van der Waals surface area contributed by atoms with E-state index in [1.165, 1.54) is 225 Å². The number of rotatable bonds is 76. The van der Waals surface area contributed by atoms with E-state index in [0.29, 0.717) is 25.7 Å². The maximum atomic E-state index is 13.1. The third kappa shape index (κ3) is 70.3. The first kappa shape index (κ1) is 93.1. The van der Waals surface area contributed by atoms with Crippen molar-refractivity contribution in [1.29, 1.82) is 0 Å². The second-order valence-corrected chi connectivity index (χ2v) is 30.8. The molecule has 0 saturated carbocycles. The number of ether oxygens (including phenoxy) is 4. The summed E-state index contributed by atoms with van der Waals surface area (Å²) < 4.78 is 68.5. The smallest absolute Gasteiger partial charge is 0.462 e. The molecule has 0 fully saturated rings. The zero-order chi connectivity index (χ0) is 69.8. The standard InChI is InChI=1S/C76H148O17P2/c1-6-9-12-15-18-21-24-30-36-40-45-50-55-60-74(79)87-66-72(93-76(81)62-57-52-47-42-37-32-29-27-26-28-31-34-38-43-48-53-58-69(4)5)68-91-95(84,85)89-64-70(77)63-88-94(82,83)90-67-71(65-86-73(78)59-54-49-44-39-33-23-20-17-14-11-8-3)92-75(80)61-56-51-46-41-35-25-22-19-16-13-10-7-2/h69-72,77H,6-68H2,1-5H3,(H,82,83)(H,84,85)/t70-,71+,72+/m0/s1. The molecule has 0 spiro atoms. The monoisotopic (exact) mass is 1400 g/mol. The highest BCUT2D eigenvalue weighted by molar-refractivity contribution is 7.47. The normalized spacial score (nSPS) is 13.9. The molecule has 95 heavy (non-hydrogen) atoms. The fraction of sp³-hybridized carbons (Fsp3) is 0.947. The molecule has 0 aromatic heterocycles. The van der Waals surface area contributed by atoms with Gasteiger partial charge in [0.2, 0.25) is 0 Å². The molecule has 19 heteroatoms. The van der Waals surface area contributed by atoms with Crippen molar-refractivity contribution in [2.24, 2.45) is 5.92 Å². The number of aliphatic hydroxyl groups excluding tert-OH is 1. The van der Waals surface area contributed by atoms with Crippen molar-refractivity contribution >= 4 is 39.5 Å². The lowest BCUT2D eigenvalue weighted by molar-refractivity contribution is -0.161. The van der Waals surface area contributed by atoms with Crippen LogP contribution in [0, 0.1) is 5.92 Å². The fourth-order valence-electron chi connectivity index (χ4n) is 11.7. The van der Waals surface area contributed by atoms with Crippen molar-refractivity contribution in [3.8, 4) is 0 Å². The molecular weight excluding hydrogens is 1250 g/mol. The van der Waals surface area contributed by atoms with Crippen molar-refractivity contribution in [3.63, 3.8) is 0 Å². The predicted octanol–water partition coefficient (Wildman–Crippen LogP) is 22.5. The van der Waals surface area contributed by atoms with Gasteiger partial charge < -0.3 is 33.8 Å². The average Bonchev–Trinajstić information content (AvgIpc) is 1.40. The van der Waals surface area contributed by atoms with E-state index in [-0.39, 0.29) is 25.7 Å². The molecule has 0 aromatic rings. The molecule has 3 N–H and O–H groups in total. The largest absolute Gasteiger partial charge is 0.472 e. The van der Waals surface area contributed by atoms with E-state index in [9.17, 15) is 43.2 Å². The van der Waals surface area contributed by atoms with Gasteiger partial charge in [0.15, 0.2) is 12.2 Å². The Labute approximate surface area is 581 Å². The predicted molar refractivity (Wildman–Crippen MR) is 386 cm³/mol. The molecular formula is C76H148O17P2. The summed E-state index contributed by atoms with van der Waals surface area (Å²) in [5.74, 6) is -1.30. The number of carbonyl (C=O) groups is 4. The Morgan fingerprint density at radius 3 is 0.716 bits per heavy atom. The first-order valence-electron chi connectivity index (χ1n) is 39.6. The summed E-state index contributed by atoms with van der Waals surface area (Å²) in [6.45, 7) is 7.32. The second-order valence-electron chi connectivity index (χ2n) is 27.9. The van der Waals surface area contributed by atoms with Crippen LogP contribution in [-0.4, -0.2) is 96.7 Å². The lowest BCUT2D eigenvalue weighted by atomic mass is 10.0. The van der Waals surface area contributed by atoms with Gasteiger partial charge in [0.25, 0.3) is 0 Å². The molecule has 17 nitrogen and oxygen atoms in total. The van der Waals surface area contributed by atoms with E-state index >= 15 is 0 Å². The Bertz CT molecular complexity index is 1820. The minimum absolute atomic E-state index is 0.108. The number of aliphatic hydroxyl groups is 1. The Morgan fingerprint density at radius 2 is 0.484 bits per heavy atom. The molecule has 0 aromatic carbocycles. The lowest BCUT2D eigenvalue weighted by Gasteiger charge is -2.21. The van der Waals surface area contributed by atoms with E-state index in [4.69, 9.17) is 37.0 Å². The van der Waals surface area contributed by atoms with Crippen LogP contribution in [0.4, 0.5) is 0 Å². The van der Waals surface area contributed by atoms with Crippen LogP contribution >= 0.6 is 15.6 Å². The summed E-state index contributed by atoms with van der Waals surface area (Å²) in [5.41, 5.74) is 0. The van der Waals surface area contributed by atoms with Crippen LogP contribution < -0.4 is 0 Å². The van der Waals surface area contributed by atoms with Gasteiger partial charge in [-0.15, -0.1) is 0 Å². The van der Waals surface area contributed by atoms with Gasteiger partial charge in [-0.05, 0) is 31.6 Å². The molecule has 0 amide bonds. The molecule has 0 radical (unpaired) electrons. The van der Waals surface area contributed by atoms with Crippen molar-refractivity contribution in [3.05, 3.63) is 0 Å². The third-order valence-corrected chi connectivity index (χ3v) is 19.7. The summed E-state index contributed by atoms with van der Waals surface area (Å²) in [5, 5.41) is 10.6. The third-order valence-electron chi connectivity index (χ3n) is 17.8. The van der Waals surface area contributed by atoms with Crippen LogP contribution in [0.2, 0.25) is 0 Å². The first-order chi connectivity index (χ1) is 46.0. The molecule has 0 rings (SSSR count). The van der Waals surface area contributed by atoms with Crippen LogP contribution in [0.3, 0.4) is 0 Å². The summed E-state index contributed by atoms with van der Waals surface area (Å²) in [6.07, 6.45) is 58.1. The van der Waals surface area contributed by atoms with Gasteiger partial charge in [0, 0.05) is 25.7 Å². The first-order valence-corrected chi connectivity index (χ1v) is 42.6. The molecule has 0 heterocycles. The van der Waals surface area contributed by atoms with Gasteiger partial charge in [-0.2, -0.15) is 0 Å². The highest BCUT2D eigenvalue weighted by Crippen LogP contribution is 2.45. The van der Waals surface area contributed by atoms with Crippen molar-refractivity contribution in [2.45, 2.75) is 419 Å². The Kier molecular flexibility index (Phi) is 67.7. The molecule has 0 aliphatic heterocycles. The minimum Gasteiger partial charge on any atom is -0.462 e. The van der Waals surface area contributed by atoms with E-state index in [2.05, 4.69) is 34.6 Å². The van der Waals surface area contributed by atoms with Crippen LogP contribution in [0.25, 0.3) is 0 Å². The zero-order valence-electron chi connectivity index (χ0n) is 61.8. The van der Waals surface area contributed by atoms with Gasteiger partial charge in [-0.1, -0.05) is 349 Å². The number of unbranched alkanes of at least 4 members (excludes halogenated alkanes) is 48. The van der Waals surface area contributed by atoms with Crippen molar-refractivity contribution in [1.82, 2.24) is 0 Å².